The van der Waals surface area contributed by atoms with Crippen molar-refractivity contribution in [2.45, 2.75) is 45.7 Å². The minimum absolute atomic E-state index is 0.0101. The molecule has 0 amide bonds. The second kappa shape index (κ2) is 8.29. The molecule has 0 bridgehead atoms. The summed E-state index contributed by atoms with van der Waals surface area (Å²) in [6.07, 6.45) is 1.25. The van der Waals surface area contributed by atoms with Crippen LogP contribution in [0.3, 0.4) is 0 Å². The van der Waals surface area contributed by atoms with Crippen LogP contribution in [0.4, 0.5) is 14.5 Å². The highest BCUT2D eigenvalue weighted by Gasteiger charge is 2.21. The Labute approximate surface area is 126 Å². The SMILES string of the molecule is CCC(N)Cc1cc(F)c(N(CC)C(C)COC)c(F)c1. The van der Waals surface area contributed by atoms with E-state index in [0.717, 1.165) is 6.42 Å². The van der Waals surface area contributed by atoms with E-state index in [2.05, 4.69) is 0 Å². The number of hydrogen-bond donors (Lipinski definition) is 1. The third-order valence-corrected chi connectivity index (χ3v) is 3.67. The van der Waals surface area contributed by atoms with Crippen molar-refractivity contribution in [2.75, 3.05) is 25.2 Å². The van der Waals surface area contributed by atoms with Crippen molar-refractivity contribution in [1.82, 2.24) is 0 Å². The first-order chi connectivity index (χ1) is 9.94. The number of methoxy groups -OCH3 is 1. The fraction of sp³-hybridized carbons (Fsp3) is 0.625. The van der Waals surface area contributed by atoms with Crippen molar-refractivity contribution in [3.63, 3.8) is 0 Å². The average molecular weight is 300 g/mol. The molecule has 1 aromatic carbocycles. The van der Waals surface area contributed by atoms with Gasteiger partial charge >= 0.3 is 0 Å². The molecular weight excluding hydrogens is 274 g/mol. The zero-order chi connectivity index (χ0) is 16.0. The summed E-state index contributed by atoms with van der Waals surface area (Å²) in [4.78, 5) is 1.68. The van der Waals surface area contributed by atoms with Crippen LogP contribution in [0.2, 0.25) is 0 Å². The highest BCUT2D eigenvalue weighted by molar-refractivity contribution is 5.51. The van der Waals surface area contributed by atoms with Crippen molar-refractivity contribution in [3.8, 4) is 0 Å². The van der Waals surface area contributed by atoms with Crippen molar-refractivity contribution < 1.29 is 13.5 Å². The summed E-state index contributed by atoms with van der Waals surface area (Å²) >= 11 is 0. The molecule has 0 radical (unpaired) electrons. The van der Waals surface area contributed by atoms with Gasteiger partial charge in [-0.1, -0.05) is 6.92 Å². The van der Waals surface area contributed by atoms with E-state index in [1.54, 1.807) is 12.0 Å². The lowest BCUT2D eigenvalue weighted by Crippen LogP contribution is -2.37. The van der Waals surface area contributed by atoms with E-state index in [0.29, 0.717) is 25.1 Å². The number of hydrogen-bond acceptors (Lipinski definition) is 3. The minimum Gasteiger partial charge on any atom is -0.383 e. The van der Waals surface area contributed by atoms with Crippen molar-refractivity contribution >= 4 is 5.69 Å². The zero-order valence-corrected chi connectivity index (χ0v) is 13.3. The molecule has 0 aliphatic carbocycles. The molecule has 120 valence electrons. The Morgan fingerprint density at radius 3 is 2.24 bits per heavy atom. The molecule has 1 aromatic rings. The molecule has 1 rings (SSSR count). The maximum absolute atomic E-state index is 14.3. The predicted octanol–water partition coefficient (Wildman–Crippen LogP) is 3.11. The second-order valence-corrected chi connectivity index (χ2v) is 5.37. The molecule has 0 aromatic heterocycles. The zero-order valence-electron chi connectivity index (χ0n) is 13.3. The summed E-state index contributed by atoms with van der Waals surface area (Å²) in [5.41, 5.74) is 6.45. The molecule has 0 saturated heterocycles. The molecule has 0 aliphatic heterocycles. The molecule has 0 heterocycles. The Hall–Kier alpha value is -1.20. The second-order valence-electron chi connectivity index (χ2n) is 5.37. The molecule has 0 fully saturated rings. The van der Waals surface area contributed by atoms with Crippen LogP contribution in [0.5, 0.6) is 0 Å². The number of ether oxygens (including phenoxy) is 1. The molecule has 3 nitrogen and oxygen atoms in total. The first-order valence-corrected chi connectivity index (χ1v) is 7.43. The van der Waals surface area contributed by atoms with Crippen LogP contribution in [0.25, 0.3) is 0 Å². The largest absolute Gasteiger partial charge is 0.383 e. The number of benzene rings is 1. The van der Waals surface area contributed by atoms with Gasteiger partial charge in [0.15, 0.2) is 0 Å². The van der Waals surface area contributed by atoms with Gasteiger partial charge in [-0.25, -0.2) is 8.78 Å². The monoisotopic (exact) mass is 300 g/mol. The van der Waals surface area contributed by atoms with Gasteiger partial charge in [-0.15, -0.1) is 0 Å². The first kappa shape index (κ1) is 17.9. The van der Waals surface area contributed by atoms with E-state index < -0.39 is 11.6 Å². The van der Waals surface area contributed by atoms with Gasteiger partial charge in [0, 0.05) is 25.7 Å². The molecule has 0 spiro atoms. The lowest BCUT2D eigenvalue weighted by Gasteiger charge is -2.30. The van der Waals surface area contributed by atoms with Gasteiger partial charge in [-0.2, -0.15) is 0 Å². The highest BCUT2D eigenvalue weighted by Crippen LogP contribution is 2.27. The van der Waals surface area contributed by atoms with E-state index in [9.17, 15) is 8.78 Å². The fourth-order valence-corrected chi connectivity index (χ4v) is 2.48. The molecular formula is C16H26F2N2O. The standard InChI is InChI=1S/C16H26F2N2O/c1-5-13(19)7-12-8-14(17)16(15(18)9-12)20(6-2)11(3)10-21-4/h8-9,11,13H,5-7,10,19H2,1-4H3. The smallest absolute Gasteiger partial charge is 0.149 e. The molecule has 0 saturated carbocycles. The van der Waals surface area contributed by atoms with Gasteiger partial charge in [0.1, 0.15) is 17.3 Å². The molecule has 21 heavy (non-hydrogen) atoms. The topological polar surface area (TPSA) is 38.5 Å². The Bertz CT molecular complexity index is 431. The first-order valence-electron chi connectivity index (χ1n) is 7.43. The molecule has 2 N–H and O–H groups in total. The summed E-state index contributed by atoms with van der Waals surface area (Å²) < 4.78 is 33.8. The molecule has 5 heteroatoms. The summed E-state index contributed by atoms with van der Waals surface area (Å²) in [6.45, 7) is 6.62. The van der Waals surface area contributed by atoms with E-state index in [1.807, 2.05) is 20.8 Å². The van der Waals surface area contributed by atoms with Crippen LogP contribution in [0.1, 0.15) is 32.8 Å². The summed E-state index contributed by atoms with van der Waals surface area (Å²) in [7, 11) is 1.58. The molecule has 2 unspecified atom stereocenters. The summed E-state index contributed by atoms with van der Waals surface area (Å²) in [5, 5.41) is 0. The minimum atomic E-state index is -0.543. The van der Waals surface area contributed by atoms with Gasteiger partial charge in [0.05, 0.1) is 6.61 Å². The van der Waals surface area contributed by atoms with Crippen LogP contribution in [0, 0.1) is 11.6 Å². The fourth-order valence-electron chi connectivity index (χ4n) is 2.48. The van der Waals surface area contributed by atoms with Crippen molar-refractivity contribution in [2.24, 2.45) is 5.73 Å². The molecule has 0 aliphatic rings. The Morgan fingerprint density at radius 1 is 1.24 bits per heavy atom. The quantitative estimate of drug-likeness (QED) is 0.802. The Morgan fingerprint density at radius 2 is 1.81 bits per heavy atom. The highest BCUT2D eigenvalue weighted by atomic mass is 19.1. The normalized spacial score (nSPS) is 14.0. The van der Waals surface area contributed by atoms with Crippen LogP contribution < -0.4 is 10.6 Å². The lowest BCUT2D eigenvalue weighted by atomic mass is 10.0. The average Bonchev–Trinajstić information content (AvgIpc) is 2.42. The van der Waals surface area contributed by atoms with E-state index in [4.69, 9.17) is 10.5 Å². The third kappa shape index (κ3) is 4.64. The number of anilines is 1. The van der Waals surface area contributed by atoms with Gasteiger partial charge in [-0.05, 0) is 44.4 Å². The van der Waals surface area contributed by atoms with Crippen molar-refractivity contribution in [1.29, 1.82) is 0 Å². The Kier molecular flexibility index (Phi) is 7.05. The lowest BCUT2D eigenvalue weighted by molar-refractivity contribution is 0.181. The summed E-state index contributed by atoms with van der Waals surface area (Å²) in [6, 6.07) is 2.59. The van der Waals surface area contributed by atoms with Crippen LogP contribution in [0.15, 0.2) is 12.1 Å². The van der Waals surface area contributed by atoms with Gasteiger partial charge in [0.25, 0.3) is 0 Å². The van der Waals surface area contributed by atoms with E-state index >= 15 is 0 Å². The maximum Gasteiger partial charge on any atom is 0.149 e. The van der Waals surface area contributed by atoms with Crippen LogP contribution in [-0.4, -0.2) is 32.3 Å². The number of likely N-dealkylation sites (N-methyl/N-ethyl adjacent to an activating group) is 1. The molecule has 2 atom stereocenters. The van der Waals surface area contributed by atoms with Gasteiger partial charge < -0.3 is 15.4 Å². The third-order valence-electron chi connectivity index (χ3n) is 3.67. The van der Waals surface area contributed by atoms with Gasteiger partial charge in [0.2, 0.25) is 0 Å². The maximum atomic E-state index is 14.3. The Balaban J connectivity index is 3.07. The number of halogens is 2. The summed E-state index contributed by atoms with van der Waals surface area (Å²) in [5.74, 6) is -1.09. The predicted molar refractivity (Wildman–Crippen MR) is 82.7 cm³/mol. The van der Waals surface area contributed by atoms with Crippen LogP contribution >= 0.6 is 0 Å². The van der Waals surface area contributed by atoms with Crippen LogP contribution in [-0.2, 0) is 11.2 Å². The van der Waals surface area contributed by atoms with E-state index in [-0.39, 0.29) is 17.8 Å². The van der Waals surface area contributed by atoms with Crippen molar-refractivity contribution in [3.05, 3.63) is 29.3 Å². The van der Waals surface area contributed by atoms with Gasteiger partial charge in [-0.3, -0.25) is 0 Å². The number of nitrogens with zero attached hydrogens (tertiary/aromatic N) is 1. The number of nitrogens with two attached hydrogens (primary N) is 1. The van der Waals surface area contributed by atoms with E-state index in [1.165, 1.54) is 12.1 Å². The number of rotatable bonds is 8.